The van der Waals surface area contributed by atoms with Crippen molar-refractivity contribution in [1.82, 2.24) is 0 Å². The smallest absolute Gasteiger partial charge is 0.238 e. The molecule has 2 unspecified atom stereocenters. The number of halogens is 1. The Morgan fingerprint density at radius 3 is 2.50 bits per heavy atom. The number of hydrogen-bond acceptors (Lipinski definition) is 3. The fraction of sp³-hybridized carbons (Fsp3) is 0.500. The number of nitrogens with two attached hydrogens (primary N) is 1. The predicted molar refractivity (Wildman–Crippen MR) is 73.1 cm³/mol. The van der Waals surface area contributed by atoms with E-state index in [1.807, 2.05) is 6.92 Å². The molecule has 2 rings (SSSR count). The first-order valence-corrected chi connectivity index (χ1v) is 8.22. The highest BCUT2D eigenvalue weighted by molar-refractivity contribution is 9.09. The summed E-state index contributed by atoms with van der Waals surface area (Å²) in [4.78, 5) is 0.300. The molecule has 4 nitrogen and oxygen atoms in total. The van der Waals surface area contributed by atoms with Gasteiger partial charge in [0, 0.05) is 10.7 Å². The lowest BCUT2D eigenvalue weighted by molar-refractivity contribution is 0.125. The van der Waals surface area contributed by atoms with Gasteiger partial charge in [-0.3, -0.25) is 0 Å². The van der Waals surface area contributed by atoms with Gasteiger partial charge in [0.25, 0.3) is 0 Å². The Labute approximate surface area is 115 Å². The minimum atomic E-state index is -3.76. The lowest BCUT2D eigenvalue weighted by atomic mass is 9.94. The van der Waals surface area contributed by atoms with Gasteiger partial charge in [-0.1, -0.05) is 41.1 Å². The minimum Gasteiger partial charge on any atom is -0.392 e. The molecule has 1 aromatic rings. The van der Waals surface area contributed by atoms with Gasteiger partial charge in [-0.15, -0.1) is 0 Å². The second kappa shape index (κ2) is 4.92. The van der Waals surface area contributed by atoms with E-state index >= 15 is 0 Å². The summed E-state index contributed by atoms with van der Waals surface area (Å²) in [6, 6.07) is 6.62. The summed E-state index contributed by atoms with van der Waals surface area (Å²) in [5, 5.41) is 15.4. The first-order valence-electron chi connectivity index (χ1n) is 5.76. The fourth-order valence-electron chi connectivity index (χ4n) is 2.53. The number of alkyl halides is 1. The van der Waals surface area contributed by atoms with E-state index in [-0.39, 0.29) is 21.6 Å². The van der Waals surface area contributed by atoms with Crippen molar-refractivity contribution in [1.29, 1.82) is 0 Å². The standard InChI is InChI=1S/C12H16BrNO3S/c1-7-10(13)6-9(12(7)15)8-4-2-3-5-11(8)18(14,16)17/h2-5,7,9-10,12,15H,6H2,1H3,(H2,14,16,17)/t7?,9-,10?,12-/m1/s1. The molecule has 0 radical (unpaired) electrons. The molecule has 0 saturated heterocycles. The van der Waals surface area contributed by atoms with Crippen molar-refractivity contribution in [2.45, 2.75) is 35.1 Å². The van der Waals surface area contributed by atoms with E-state index in [1.165, 1.54) is 6.07 Å². The van der Waals surface area contributed by atoms with Crippen molar-refractivity contribution in [2.24, 2.45) is 11.1 Å². The van der Waals surface area contributed by atoms with Gasteiger partial charge in [-0.2, -0.15) is 0 Å². The molecule has 0 aliphatic heterocycles. The maximum atomic E-state index is 11.6. The van der Waals surface area contributed by atoms with Crippen LogP contribution in [0.15, 0.2) is 29.2 Å². The molecule has 1 saturated carbocycles. The lowest BCUT2D eigenvalue weighted by Gasteiger charge is -2.19. The molecule has 0 aromatic heterocycles. The molecule has 18 heavy (non-hydrogen) atoms. The van der Waals surface area contributed by atoms with E-state index in [0.29, 0.717) is 12.0 Å². The Balaban J connectivity index is 2.47. The summed E-state index contributed by atoms with van der Waals surface area (Å²) in [7, 11) is -3.76. The first kappa shape index (κ1) is 14.0. The van der Waals surface area contributed by atoms with Crippen molar-refractivity contribution in [3.8, 4) is 0 Å². The molecule has 100 valence electrons. The zero-order valence-corrected chi connectivity index (χ0v) is 12.4. The number of aliphatic hydroxyl groups is 1. The summed E-state index contributed by atoms with van der Waals surface area (Å²) in [6.45, 7) is 1.95. The first-order chi connectivity index (χ1) is 8.32. The van der Waals surface area contributed by atoms with E-state index < -0.39 is 16.1 Å². The van der Waals surface area contributed by atoms with Crippen molar-refractivity contribution >= 4 is 26.0 Å². The average Bonchev–Trinajstić information content (AvgIpc) is 2.56. The molecule has 1 aromatic carbocycles. The van der Waals surface area contributed by atoms with Gasteiger partial charge in [0.15, 0.2) is 0 Å². The molecule has 3 N–H and O–H groups in total. The molecular weight excluding hydrogens is 318 g/mol. The van der Waals surface area contributed by atoms with E-state index in [1.54, 1.807) is 18.2 Å². The van der Waals surface area contributed by atoms with E-state index in [2.05, 4.69) is 15.9 Å². The third-order valence-electron chi connectivity index (χ3n) is 3.63. The molecule has 0 amide bonds. The van der Waals surface area contributed by atoms with Gasteiger partial charge in [0.1, 0.15) is 0 Å². The van der Waals surface area contributed by atoms with Gasteiger partial charge in [0.05, 0.1) is 11.0 Å². The zero-order valence-electron chi connectivity index (χ0n) is 9.95. The van der Waals surface area contributed by atoms with Crippen LogP contribution in [0.4, 0.5) is 0 Å². The minimum absolute atomic E-state index is 0.0866. The average molecular weight is 334 g/mol. The predicted octanol–water partition coefficient (Wildman–Crippen LogP) is 1.58. The van der Waals surface area contributed by atoms with E-state index in [4.69, 9.17) is 5.14 Å². The quantitative estimate of drug-likeness (QED) is 0.806. The van der Waals surface area contributed by atoms with E-state index in [0.717, 1.165) is 0 Å². The van der Waals surface area contributed by atoms with Crippen LogP contribution in [-0.4, -0.2) is 24.5 Å². The van der Waals surface area contributed by atoms with E-state index in [9.17, 15) is 13.5 Å². The highest BCUT2D eigenvalue weighted by Crippen LogP contribution is 2.43. The molecule has 0 heterocycles. The Morgan fingerprint density at radius 2 is 2.00 bits per heavy atom. The summed E-state index contributed by atoms with van der Waals surface area (Å²) < 4.78 is 23.1. The second-order valence-electron chi connectivity index (χ2n) is 4.79. The Bertz CT molecular complexity index is 546. The second-order valence-corrected chi connectivity index (χ2v) is 7.50. The number of rotatable bonds is 2. The van der Waals surface area contributed by atoms with Crippen LogP contribution in [-0.2, 0) is 10.0 Å². The van der Waals surface area contributed by atoms with Gasteiger partial charge in [-0.05, 0) is 24.0 Å². The van der Waals surface area contributed by atoms with Gasteiger partial charge in [0.2, 0.25) is 10.0 Å². The number of primary sulfonamides is 1. The Hall–Kier alpha value is -0.430. The number of benzene rings is 1. The maximum Gasteiger partial charge on any atom is 0.238 e. The highest BCUT2D eigenvalue weighted by Gasteiger charge is 2.40. The summed E-state index contributed by atoms with van der Waals surface area (Å²) in [5.41, 5.74) is 0.612. The number of hydrogen-bond donors (Lipinski definition) is 2. The topological polar surface area (TPSA) is 80.4 Å². The van der Waals surface area contributed by atoms with Crippen molar-refractivity contribution in [3.05, 3.63) is 29.8 Å². The van der Waals surface area contributed by atoms with Crippen LogP contribution in [0.5, 0.6) is 0 Å². The maximum absolute atomic E-state index is 11.6. The highest BCUT2D eigenvalue weighted by atomic mass is 79.9. The van der Waals surface area contributed by atoms with Gasteiger partial charge in [-0.25, -0.2) is 13.6 Å². The Morgan fingerprint density at radius 1 is 1.39 bits per heavy atom. The number of sulfonamides is 1. The summed E-state index contributed by atoms with van der Waals surface area (Å²) in [5.74, 6) is -0.109. The van der Waals surface area contributed by atoms with Crippen molar-refractivity contribution in [3.63, 3.8) is 0 Å². The third kappa shape index (κ3) is 2.47. The molecule has 0 spiro atoms. The molecular formula is C12H16BrNO3S. The zero-order chi connectivity index (χ0) is 13.5. The number of aliphatic hydroxyl groups excluding tert-OH is 1. The SMILES string of the molecule is CC1C(Br)C[C@H](c2ccccc2S(N)(=O)=O)[C@@H]1O. The van der Waals surface area contributed by atoms with Crippen LogP contribution in [0.25, 0.3) is 0 Å². The lowest BCUT2D eigenvalue weighted by Crippen LogP contribution is -2.22. The molecule has 1 aliphatic rings. The van der Waals surface area contributed by atoms with Crippen LogP contribution in [0.1, 0.15) is 24.8 Å². The molecule has 0 bridgehead atoms. The van der Waals surface area contributed by atoms with Crippen LogP contribution >= 0.6 is 15.9 Å². The van der Waals surface area contributed by atoms with Crippen molar-refractivity contribution in [2.75, 3.05) is 0 Å². The molecule has 4 atom stereocenters. The van der Waals surface area contributed by atoms with Gasteiger partial charge >= 0.3 is 0 Å². The third-order valence-corrected chi connectivity index (χ3v) is 5.82. The molecule has 1 aliphatic carbocycles. The Kier molecular flexibility index (Phi) is 3.82. The largest absolute Gasteiger partial charge is 0.392 e. The van der Waals surface area contributed by atoms with Crippen LogP contribution < -0.4 is 5.14 Å². The van der Waals surface area contributed by atoms with Gasteiger partial charge < -0.3 is 5.11 Å². The summed E-state index contributed by atoms with van der Waals surface area (Å²) in [6.07, 6.45) is 0.145. The van der Waals surface area contributed by atoms with Crippen LogP contribution in [0, 0.1) is 5.92 Å². The molecule has 1 fully saturated rings. The normalized spacial score (nSPS) is 32.7. The monoisotopic (exact) mass is 333 g/mol. The molecule has 6 heteroatoms. The van der Waals surface area contributed by atoms with Crippen LogP contribution in [0.3, 0.4) is 0 Å². The fourth-order valence-corrected chi connectivity index (χ4v) is 4.07. The van der Waals surface area contributed by atoms with Crippen LogP contribution in [0.2, 0.25) is 0 Å². The summed E-state index contributed by atoms with van der Waals surface area (Å²) >= 11 is 3.52. The van der Waals surface area contributed by atoms with Crippen molar-refractivity contribution < 1.29 is 13.5 Å².